The monoisotopic (exact) mass is 531 g/mol. The summed E-state index contributed by atoms with van der Waals surface area (Å²) in [6, 6.07) is 7.72. The Balaban J connectivity index is 1.84. The molecule has 0 amide bonds. The normalized spacial score (nSPS) is 16.8. The van der Waals surface area contributed by atoms with Crippen LogP contribution in [-0.4, -0.2) is 42.3 Å². The van der Waals surface area contributed by atoms with Crippen molar-refractivity contribution in [3.8, 4) is 5.75 Å². The number of benzene rings is 2. The second-order valence-corrected chi connectivity index (χ2v) is 10.0. The first-order valence-corrected chi connectivity index (χ1v) is 12.7. The summed E-state index contributed by atoms with van der Waals surface area (Å²) in [4.78, 5) is 25.3. The molecule has 2 atom stereocenters. The van der Waals surface area contributed by atoms with E-state index in [-0.39, 0.29) is 47.2 Å². The summed E-state index contributed by atoms with van der Waals surface area (Å²) in [5.41, 5.74) is 0.413. The molecule has 1 fully saturated rings. The van der Waals surface area contributed by atoms with E-state index >= 15 is 0 Å². The Morgan fingerprint density at radius 3 is 2.70 bits per heavy atom. The van der Waals surface area contributed by atoms with Crippen LogP contribution in [0.2, 0.25) is 5.02 Å². The maximum absolute atomic E-state index is 14.6. The van der Waals surface area contributed by atoms with Gasteiger partial charge in [0.2, 0.25) is 5.43 Å². The first-order valence-electron chi connectivity index (χ1n) is 12.4. The van der Waals surface area contributed by atoms with Crippen molar-refractivity contribution < 1.29 is 28.5 Å². The number of carboxylic acid groups (broad SMARTS) is 1. The van der Waals surface area contributed by atoms with Gasteiger partial charge in [0.05, 0.1) is 30.3 Å². The number of carbonyl (C=O) groups is 1. The van der Waals surface area contributed by atoms with Gasteiger partial charge in [0.1, 0.15) is 17.1 Å². The lowest BCUT2D eigenvalue weighted by Gasteiger charge is -2.30. The van der Waals surface area contributed by atoms with E-state index in [2.05, 4.69) is 0 Å². The van der Waals surface area contributed by atoms with Crippen LogP contribution in [-0.2, 0) is 15.9 Å². The standard InChI is InChI=1S/C28H31ClFNO6/c1-16(2)23(15-37-25-9-4-5-10-36-25)31-14-20(28(33)34)27(32)19-12-18(24(35-3)13-22(19)31)11-17-7-6-8-21(29)26(17)30/h6-8,12-14,16,23,25H,4-5,9-11,15H2,1-3H3,(H,33,34). The molecule has 0 radical (unpaired) electrons. The molecule has 0 spiro atoms. The summed E-state index contributed by atoms with van der Waals surface area (Å²) in [6.45, 7) is 4.94. The van der Waals surface area contributed by atoms with Gasteiger partial charge >= 0.3 is 5.97 Å². The number of ether oxygens (including phenoxy) is 3. The molecule has 9 heteroatoms. The zero-order valence-electron chi connectivity index (χ0n) is 21.1. The van der Waals surface area contributed by atoms with Gasteiger partial charge < -0.3 is 23.9 Å². The van der Waals surface area contributed by atoms with Gasteiger partial charge in [-0.2, -0.15) is 0 Å². The molecule has 1 aliphatic rings. The van der Waals surface area contributed by atoms with Crippen molar-refractivity contribution in [1.29, 1.82) is 0 Å². The van der Waals surface area contributed by atoms with Crippen LogP contribution >= 0.6 is 11.6 Å². The van der Waals surface area contributed by atoms with E-state index in [1.165, 1.54) is 19.4 Å². The number of methoxy groups -OCH3 is 1. The van der Waals surface area contributed by atoms with E-state index in [1.54, 1.807) is 28.8 Å². The smallest absolute Gasteiger partial charge is 0.341 e. The first kappa shape index (κ1) is 27.1. The molecule has 1 aromatic heterocycles. The molecule has 2 heterocycles. The van der Waals surface area contributed by atoms with Crippen molar-refractivity contribution in [2.45, 2.75) is 51.9 Å². The number of aromatic carboxylic acids is 1. The minimum atomic E-state index is -1.32. The highest BCUT2D eigenvalue weighted by Crippen LogP contribution is 2.32. The van der Waals surface area contributed by atoms with Gasteiger partial charge in [-0.25, -0.2) is 9.18 Å². The van der Waals surface area contributed by atoms with Crippen LogP contribution in [0.15, 0.2) is 41.3 Å². The summed E-state index contributed by atoms with van der Waals surface area (Å²) in [5.74, 6) is -1.38. The van der Waals surface area contributed by atoms with Crippen LogP contribution in [0.5, 0.6) is 5.75 Å². The number of rotatable bonds is 9. The maximum atomic E-state index is 14.6. The number of hydrogen-bond acceptors (Lipinski definition) is 5. The average Bonchev–Trinajstić information content (AvgIpc) is 2.88. The zero-order valence-corrected chi connectivity index (χ0v) is 21.9. The SMILES string of the molecule is COc1cc2c(cc1Cc1cccc(Cl)c1F)c(=O)c(C(=O)O)cn2C(COC1CCCCO1)C(C)C. The van der Waals surface area contributed by atoms with E-state index in [4.69, 9.17) is 25.8 Å². The topological polar surface area (TPSA) is 87.0 Å². The minimum absolute atomic E-state index is 0.00510. The lowest BCUT2D eigenvalue weighted by Crippen LogP contribution is -2.30. The van der Waals surface area contributed by atoms with Crippen LogP contribution in [0.4, 0.5) is 4.39 Å². The molecule has 3 aromatic rings. The predicted molar refractivity (Wildman–Crippen MR) is 139 cm³/mol. The number of carboxylic acids is 1. The summed E-state index contributed by atoms with van der Waals surface area (Å²) < 4.78 is 33.8. The van der Waals surface area contributed by atoms with E-state index in [9.17, 15) is 19.1 Å². The fourth-order valence-corrected chi connectivity index (χ4v) is 4.90. The van der Waals surface area contributed by atoms with Crippen LogP contribution in [0.3, 0.4) is 0 Å². The Labute approximate surface area is 219 Å². The number of fused-ring (bicyclic) bond motifs is 1. The third-order valence-corrected chi connectivity index (χ3v) is 7.09. The summed E-state index contributed by atoms with van der Waals surface area (Å²) in [6.07, 6.45) is 3.99. The third kappa shape index (κ3) is 5.81. The first-order chi connectivity index (χ1) is 17.7. The molecule has 7 nitrogen and oxygen atoms in total. The van der Waals surface area contributed by atoms with Gasteiger partial charge in [0.25, 0.3) is 0 Å². The van der Waals surface area contributed by atoms with E-state index in [0.29, 0.717) is 29.0 Å². The molecule has 1 N–H and O–H groups in total. The van der Waals surface area contributed by atoms with Crippen LogP contribution in [0, 0.1) is 11.7 Å². The van der Waals surface area contributed by atoms with Crippen molar-refractivity contribution in [1.82, 2.24) is 4.57 Å². The van der Waals surface area contributed by atoms with Crippen LogP contribution in [0.1, 0.15) is 60.6 Å². The minimum Gasteiger partial charge on any atom is -0.496 e. The number of pyridine rings is 1. The molecule has 2 aromatic carbocycles. The van der Waals surface area contributed by atoms with E-state index in [1.807, 2.05) is 13.8 Å². The van der Waals surface area contributed by atoms with Crippen molar-refractivity contribution >= 4 is 28.5 Å². The average molecular weight is 532 g/mol. The molecular formula is C28H31ClFNO6. The molecular weight excluding hydrogens is 501 g/mol. The second-order valence-electron chi connectivity index (χ2n) is 9.60. The molecule has 2 unspecified atom stereocenters. The molecule has 198 valence electrons. The van der Waals surface area contributed by atoms with Gasteiger partial charge in [-0.3, -0.25) is 4.79 Å². The van der Waals surface area contributed by atoms with Crippen molar-refractivity contribution in [2.75, 3.05) is 20.3 Å². The Morgan fingerprint density at radius 1 is 1.27 bits per heavy atom. The Morgan fingerprint density at radius 2 is 2.05 bits per heavy atom. The lowest BCUT2D eigenvalue weighted by atomic mass is 9.98. The Kier molecular flexibility index (Phi) is 8.52. The second kappa shape index (κ2) is 11.6. The molecule has 1 aliphatic heterocycles. The summed E-state index contributed by atoms with van der Waals surface area (Å²) >= 11 is 5.96. The van der Waals surface area contributed by atoms with Crippen molar-refractivity contribution in [3.63, 3.8) is 0 Å². The third-order valence-electron chi connectivity index (χ3n) is 6.79. The zero-order chi connectivity index (χ0) is 26.7. The highest BCUT2D eigenvalue weighted by molar-refractivity contribution is 6.30. The van der Waals surface area contributed by atoms with E-state index in [0.717, 1.165) is 19.3 Å². The van der Waals surface area contributed by atoms with Gasteiger partial charge in [-0.05, 0) is 48.4 Å². The highest BCUT2D eigenvalue weighted by Gasteiger charge is 2.25. The highest BCUT2D eigenvalue weighted by atomic mass is 35.5. The maximum Gasteiger partial charge on any atom is 0.341 e. The van der Waals surface area contributed by atoms with Crippen molar-refractivity contribution in [3.05, 3.63) is 74.3 Å². The number of aromatic nitrogens is 1. The fraction of sp³-hybridized carbons (Fsp3) is 0.429. The van der Waals surface area contributed by atoms with Crippen molar-refractivity contribution in [2.24, 2.45) is 5.92 Å². The van der Waals surface area contributed by atoms with Gasteiger partial charge in [0.15, 0.2) is 6.29 Å². The van der Waals surface area contributed by atoms with Gasteiger partial charge in [0, 0.05) is 30.7 Å². The largest absolute Gasteiger partial charge is 0.496 e. The summed E-state index contributed by atoms with van der Waals surface area (Å²) in [7, 11) is 1.50. The molecule has 0 saturated carbocycles. The number of halogens is 2. The number of nitrogens with zero attached hydrogens (tertiary/aromatic N) is 1. The fourth-order valence-electron chi connectivity index (χ4n) is 4.71. The van der Waals surface area contributed by atoms with Crippen LogP contribution < -0.4 is 10.2 Å². The molecule has 0 bridgehead atoms. The molecule has 1 saturated heterocycles. The Bertz CT molecular complexity index is 1350. The quantitative estimate of drug-likeness (QED) is 0.374. The predicted octanol–water partition coefficient (Wildman–Crippen LogP) is 5.83. The molecule has 0 aliphatic carbocycles. The Hall–Kier alpha value is -2.94. The van der Waals surface area contributed by atoms with Gasteiger partial charge in [-0.1, -0.05) is 37.6 Å². The van der Waals surface area contributed by atoms with Crippen LogP contribution in [0.25, 0.3) is 10.9 Å². The lowest BCUT2D eigenvalue weighted by molar-refractivity contribution is -0.169. The molecule has 37 heavy (non-hydrogen) atoms. The summed E-state index contributed by atoms with van der Waals surface area (Å²) in [5, 5.41) is 10.0. The van der Waals surface area contributed by atoms with Gasteiger partial charge in [-0.15, -0.1) is 0 Å². The van der Waals surface area contributed by atoms with E-state index < -0.39 is 17.2 Å². The number of hydrogen-bond donors (Lipinski definition) is 1. The molecule has 4 rings (SSSR count).